The lowest BCUT2D eigenvalue weighted by atomic mass is 9.90. The third-order valence-corrected chi connectivity index (χ3v) is 3.89. The van der Waals surface area contributed by atoms with E-state index in [4.69, 9.17) is 22.4 Å². The molecule has 118 valence electrons. The average molecular weight is 337 g/mol. The van der Waals surface area contributed by atoms with Gasteiger partial charge in [-0.25, -0.2) is 4.39 Å². The van der Waals surface area contributed by atoms with Crippen molar-refractivity contribution < 1.29 is 14.3 Å². The second kappa shape index (κ2) is 8.06. The topological polar surface area (TPSA) is 66.6 Å². The Hall–Kier alpha value is -0.720. The fourth-order valence-corrected chi connectivity index (χ4v) is 2.36. The summed E-state index contributed by atoms with van der Waals surface area (Å²) in [5, 5.41) is 8.85. The van der Waals surface area contributed by atoms with Gasteiger partial charge in [-0.05, 0) is 31.2 Å². The second-order valence-electron chi connectivity index (χ2n) is 5.18. The molecule has 1 fully saturated rings. The van der Waals surface area contributed by atoms with E-state index in [1.165, 1.54) is 12.1 Å². The Kier molecular flexibility index (Phi) is 7.03. The van der Waals surface area contributed by atoms with Gasteiger partial charge < -0.3 is 15.7 Å². The van der Waals surface area contributed by atoms with Gasteiger partial charge in [0.15, 0.2) is 5.78 Å². The van der Waals surface area contributed by atoms with E-state index >= 15 is 0 Å². The SMILES string of the molecule is Cl.N[C@H](CO)CCN1CC(C(=O)c2ccc(Cl)c(F)c2)C1. The highest BCUT2D eigenvalue weighted by Gasteiger charge is 2.33. The minimum absolute atomic E-state index is 0. The number of aliphatic hydroxyl groups is 1. The molecule has 7 heteroatoms. The molecule has 0 aromatic heterocycles. The Labute approximate surface area is 134 Å². The fourth-order valence-electron chi connectivity index (χ4n) is 2.24. The van der Waals surface area contributed by atoms with Crippen LogP contribution < -0.4 is 5.73 Å². The Morgan fingerprint density at radius 1 is 1.52 bits per heavy atom. The largest absolute Gasteiger partial charge is 0.395 e. The summed E-state index contributed by atoms with van der Waals surface area (Å²) < 4.78 is 13.3. The minimum Gasteiger partial charge on any atom is -0.395 e. The molecule has 2 rings (SSSR count). The molecule has 0 saturated carbocycles. The van der Waals surface area contributed by atoms with E-state index in [0.29, 0.717) is 25.1 Å². The number of aliphatic hydroxyl groups excluding tert-OH is 1. The standard InChI is InChI=1S/C14H18ClFN2O2.ClH/c15-12-2-1-9(5-13(12)16)14(20)10-6-18(7-10)4-3-11(17)8-19;/h1-2,5,10-11,19H,3-4,6-8,17H2;1H/t11-;/m0./s1. The van der Waals surface area contributed by atoms with Crippen LogP contribution in [-0.2, 0) is 0 Å². The van der Waals surface area contributed by atoms with Gasteiger partial charge >= 0.3 is 0 Å². The lowest BCUT2D eigenvalue weighted by Crippen LogP contribution is -2.51. The van der Waals surface area contributed by atoms with E-state index in [0.717, 1.165) is 6.54 Å². The number of nitrogens with two attached hydrogens (primary N) is 1. The van der Waals surface area contributed by atoms with Crippen molar-refractivity contribution in [2.45, 2.75) is 12.5 Å². The molecule has 1 atom stereocenters. The van der Waals surface area contributed by atoms with Gasteiger partial charge in [0.1, 0.15) is 5.82 Å². The maximum Gasteiger partial charge on any atom is 0.168 e. The maximum atomic E-state index is 13.3. The second-order valence-corrected chi connectivity index (χ2v) is 5.59. The van der Waals surface area contributed by atoms with Crippen molar-refractivity contribution in [3.8, 4) is 0 Å². The molecule has 1 saturated heterocycles. The van der Waals surface area contributed by atoms with E-state index in [9.17, 15) is 9.18 Å². The van der Waals surface area contributed by atoms with Crippen LogP contribution in [0.15, 0.2) is 18.2 Å². The molecule has 1 aromatic rings. The van der Waals surface area contributed by atoms with Gasteiger partial charge in [-0.1, -0.05) is 11.6 Å². The highest BCUT2D eigenvalue weighted by Crippen LogP contribution is 2.23. The summed E-state index contributed by atoms with van der Waals surface area (Å²) in [6.45, 7) is 2.04. The highest BCUT2D eigenvalue weighted by atomic mass is 35.5. The van der Waals surface area contributed by atoms with Crippen molar-refractivity contribution in [1.82, 2.24) is 4.90 Å². The van der Waals surface area contributed by atoms with E-state index in [1.54, 1.807) is 6.07 Å². The number of carbonyl (C=O) groups excluding carboxylic acids is 1. The van der Waals surface area contributed by atoms with Crippen LogP contribution in [0, 0.1) is 11.7 Å². The average Bonchev–Trinajstić information content (AvgIpc) is 2.39. The fraction of sp³-hybridized carbons (Fsp3) is 0.500. The third-order valence-electron chi connectivity index (χ3n) is 3.58. The predicted octanol–water partition coefficient (Wildman–Crippen LogP) is 1.73. The number of nitrogens with zero attached hydrogens (tertiary/aromatic N) is 1. The summed E-state index contributed by atoms with van der Waals surface area (Å²) in [6, 6.07) is 3.93. The molecular formula is C14H19Cl2FN2O2. The first-order chi connectivity index (χ1) is 9.51. The molecular weight excluding hydrogens is 318 g/mol. The summed E-state index contributed by atoms with van der Waals surface area (Å²) in [5.74, 6) is -0.716. The van der Waals surface area contributed by atoms with Crippen molar-refractivity contribution in [3.05, 3.63) is 34.6 Å². The molecule has 0 amide bonds. The van der Waals surface area contributed by atoms with Crippen molar-refractivity contribution in [1.29, 1.82) is 0 Å². The van der Waals surface area contributed by atoms with E-state index in [2.05, 4.69) is 4.90 Å². The maximum absolute atomic E-state index is 13.3. The Balaban J connectivity index is 0.00000220. The van der Waals surface area contributed by atoms with Crippen molar-refractivity contribution in [3.63, 3.8) is 0 Å². The normalized spacial score (nSPS) is 17.0. The number of benzene rings is 1. The zero-order chi connectivity index (χ0) is 14.7. The van der Waals surface area contributed by atoms with Gasteiger partial charge in [0.05, 0.1) is 11.6 Å². The van der Waals surface area contributed by atoms with Crippen LogP contribution in [0.2, 0.25) is 5.02 Å². The first kappa shape index (κ1) is 18.3. The lowest BCUT2D eigenvalue weighted by molar-refractivity contribution is 0.0605. The van der Waals surface area contributed by atoms with Crippen LogP contribution in [0.5, 0.6) is 0 Å². The summed E-state index contributed by atoms with van der Waals surface area (Å²) in [6.07, 6.45) is 0.701. The molecule has 0 unspecified atom stereocenters. The third kappa shape index (κ3) is 4.63. The van der Waals surface area contributed by atoms with Crippen LogP contribution in [0.4, 0.5) is 4.39 Å². The predicted molar refractivity (Wildman–Crippen MR) is 82.6 cm³/mol. The first-order valence-electron chi connectivity index (χ1n) is 6.59. The number of Topliss-reactive ketones (excluding diaryl/α,β-unsaturated/α-hetero) is 1. The quantitative estimate of drug-likeness (QED) is 0.776. The van der Waals surface area contributed by atoms with Crippen LogP contribution in [-0.4, -0.2) is 48.1 Å². The summed E-state index contributed by atoms with van der Waals surface area (Å²) in [5.41, 5.74) is 5.98. The molecule has 4 nitrogen and oxygen atoms in total. The molecule has 1 aromatic carbocycles. The molecule has 0 radical (unpaired) electrons. The van der Waals surface area contributed by atoms with E-state index in [1.807, 2.05) is 0 Å². The van der Waals surface area contributed by atoms with Crippen LogP contribution in [0.3, 0.4) is 0 Å². The zero-order valence-electron chi connectivity index (χ0n) is 11.5. The van der Waals surface area contributed by atoms with Gasteiger partial charge in [0, 0.05) is 30.6 Å². The van der Waals surface area contributed by atoms with Crippen LogP contribution in [0.1, 0.15) is 16.8 Å². The molecule has 0 spiro atoms. The first-order valence-corrected chi connectivity index (χ1v) is 6.97. The van der Waals surface area contributed by atoms with Crippen molar-refractivity contribution in [2.75, 3.05) is 26.2 Å². The Morgan fingerprint density at radius 2 is 2.19 bits per heavy atom. The molecule has 0 aliphatic carbocycles. The number of hydrogen-bond donors (Lipinski definition) is 2. The Morgan fingerprint density at radius 3 is 2.76 bits per heavy atom. The van der Waals surface area contributed by atoms with Crippen LogP contribution >= 0.6 is 24.0 Å². The number of likely N-dealkylation sites (tertiary alicyclic amines) is 1. The number of carbonyl (C=O) groups is 1. The molecule has 1 aliphatic heterocycles. The summed E-state index contributed by atoms with van der Waals surface area (Å²) in [7, 11) is 0. The lowest BCUT2D eigenvalue weighted by Gasteiger charge is -2.38. The molecule has 3 N–H and O–H groups in total. The van der Waals surface area contributed by atoms with Gasteiger partial charge in [-0.15, -0.1) is 12.4 Å². The molecule has 0 bridgehead atoms. The molecule has 1 heterocycles. The number of halogens is 3. The highest BCUT2D eigenvalue weighted by molar-refractivity contribution is 6.30. The van der Waals surface area contributed by atoms with Crippen molar-refractivity contribution >= 4 is 29.8 Å². The minimum atomic E-state index is -0.567. The van der Waals surface area contributed by atoms with Crippen molar-refractivity contribution in [2.24, 2.45) is 11.7 Å². The number of ketones is 1. The number of rotatable bonds is 6. The molecule has 21 heavy (non-hydrogen) atoms. The summed E-state index contributed by atoms with van der Waals surface area (Å²) in [4.78, 5) is 14.2. The van der Waals surface area contributed by atoms with Gasteiger partial charge in [0.25, 0.3) is 0 Å². The zero-order valence-corrected chi connectivity index (χ0v) is 13.0. The monoisotopic (exact) mass is 336 g/mol. The van der Waals surface area contributed by atoms with E-state index < -0.39 is 5.82 Å². The Bertz CT molecular complexity index is 496. The number of hydrogen-bond acceptors (Lipinski definition) is 4. The van der Waals surface area contributed by atoms with E-state index in [-0.39, 0.29) is 41.8 Å². The smallest absolute Gasteiger partial charge is 0.168 e. The van der Waals surface area contributed by atoms with Gasteiger partial charge in [0.2, 0.25) is 0 Å². The molecule has 1 aliphatic rings. The summed E-state index contributed by atoms with van der Waals surface area (Å²) >= 11 is 5.59. The van der Waals surface area contributed by atoms with Crippen LogP contribution in [0.25, 0.3) is 0 Å². The van der Waals surface area contributed by atoms with Gasteiger partial charge in [-0.3, -0.25) is 4.79 Å². The van der Waals surface area contributed by atoms with Gasteiger partial charge in [-0.2, -0.15) is 0 Å².